The van der Waals surface area contributed by atoms with Gasteiger partial charge in [-0.15, -0.1) is 0 Å². The molecular formula is C18H23N5O2. The number of likely N-dealkylation sites (tertiary alicyclic amines) is 1. The number of fused-ring (bicyclic) bond motifs is 1. The number of rotatable bonds is 3. The zero-order valence-electron chi connectivity index (χ0n) is 14.4. The summed E-state index contributed by atoms with van der Waals surface area (Å²) in [6.45, 7) is 5.21. The number of hydrogen-bond acceptors (Lipinski definition) is 6. The van der Waals surface area contributed by atoms with Gasteiger partial charge >= 0.3 is 0 Å². The molecule has 1 N–H and O–H groups in total. The molecular weight excluding hydrogens is 318 g/mol. The highest BCUT2D eigenvalue weighted by molar-refractivity contribution is 5.80. The molecule has 0 spiro atoms. The highest BCUT2D eigenvalue weighted by Gasteiger charge is 2.42. The van der Waals surface area contributed by atoms with Gasteiger partial charge in [0, 0.05) is 31.4 Å². The zero-order valence-corrected chi connectivity index (χ0v) is 14.4. The monoisotopic (exact) mass is 341 g/mol. The lowest BCUT2D eigenvalue weighted by atomic mass is 9.75. The van der Waals surface area contributed by atoms with Crippen LogP contribution in [0.1, 0.15) is 36.0 Å². The summed E-state index contributed by atoms with van der Waals surface area (Å²) in [5.41, 5.74) is 1.26. The molecule has 25 heavy (non-hydrogen) atoms. The van der Waals surface area contributed by atoms with E-state index in [0.29, 0.717) is 18.3 Å². The molecule has 0 unspecified atom stereocenters. The molecule has 2 saturated heterocycles. The largest absolute Gasteiger partial charge is 0.355 e. The van der Waals surface area contributed by atoms with Gasteiger partial charge in [0.2, 0.25) is 11.8 Å². The molecule has 0 bridgehead atoms. The van der Waals surface area contributed by atoms with Crippen LogP contribution in [-0.4, -0.2) is 45.6 Å². The fourth-order valence-corrected chi connectivity index (χ4v) is 4.12. The van der Waals surface area contributed by atoms with Crippen LogP contribution in [0.4, 0.5) is 0 Å². The Bertz CT molecular complexity index is 732. The van der Waals surface area contributed by atoms with Crippen molar-refractivity contribution in [1.29, 1.82) is 0 Å². The Labute approximate surface area is 146 Å². The fourth-order valence-electron chi connectivity index (χ4n) is 4.12. The maximum atomic E-state index is 12.4. The van der Waals surface area contributed by atoms with Crippen molar-refractivity contribution in [2.24, 2.45) is 11.8 Å². The van der Waals surface area contributed by atoms with Gasteiger partial charge in [-0.1, -0.05) is 5.16 Å². The number of amides is 1. The minimum absolute atomic E-state index is 0.0217. The molecule has 0 radical (unpaired) electrons. The predicted molar refractivity (Wildman–Crippen MR) is 90.5 cm³/mol. The minimum atomic E-state index is 0.0217. The third-order valence-corrected chi connectivity index (χ3v) is 5.42. The molecule has 2 aliphatic rings. The topological polar surface area (TPSA) is 84.2 Å². The first-order valence-electron chi connectivity index (χ1n) is 8.90. The van der Waals surface area contributed by atoms with E-state index in [1.54, 1.807) is 0 Å². The summed E-state index contributed by atoms with van der Waals surface area (Å²) in [6, 6.07) is 4.10. The SMILES string of the molecule is Cc1noc([C@@H]2CNC(=O)[C@H]3CCN(Cc4ccncc4)CC[C@H]32)n1. The summed E-state index contributed by atoms with van der Waals surface area (Å²) < 4.78 is 5.42. The molecule has 4 heterocycles. The van der Waals surface area contributed by atoms with Crippen molar-refractivity contribution in [3.05, 3.63) is 41.8 Å². The van der Waals surface area contributed by atoms with E-state index in [0.717, 1.165) is 32.5 Å². The molecule has 0 aromatic carbocycles. The average molecular weight is 341 g/mol. The molecule has 2 aliphatic heterocycles. The lowest BCUT2D eigenvalue weighted by molar-refractivity contribution is -0.129. The molecule has 7 nitrogen and oxygen atoms in total. The Hall–Kier alpha value is -2.28. The van der Waals surface area contributed by atoms with E-state index >= 15 is 0 Å². The van der Waals surface area contributed by atoms with Crippen LogP contribution in [-0.2, 0) is 11.3 Å². The Morgan fingerprint density at radius 3 is 2.80 bits per heavy atom. The standard InChI is InChI=1S/C18H23N5O2/c1-12-21-18(25-22-12)16-10-20-17(24)15-5-9-23(8-4-14(15)16)11-13-2-6-19-7-3-13/h2-3,6-7,14-16H,4-5,8-11H2,1H3,(H,20,24)/t14-,15+,16-/m1/s1. The van der Waals surface area contributed by atoms with Gasteiger partial charge in [0.05, 0.1) is 5.92 Å². The number of carbonyl (C=O) groups is 1. The summed E-state index contributed by atoms with van der Waals surface area (Å²) in [4.78, 5) is 23.3. The summed E-state index contributed by atoms with van der Waals surface area (Å²) >= 11 is 0. The highest BCUT2D eigenvalue weighted by Crippen LogP contribution is 2.38. The maximum Gasteiger partial charge on any atom is 0.231 e. The van der Waals surface area contributed by atoms with Crippen LogP contribution in [0.5, 0.6) is 0 Å². The van der Waals surface area contributed by atoms with Crippen molar-refractivity contribution in [1.82, 2.24) is 25.3 Å². The molecule has 132 valence electrons. The van der Waals surface area contributed by atoms with Gasteiger partial charge in [-0.2, -0.15) is 4.98 Å². The first-order chi connectivity index (χ1) is 12.2. The molecule has 1 amide bonds. The van der Waals surface area contributed by atoms with E-state index < -0.39 is 0 Å². The van der Waals surface area contributed by atoms with E-state index in [2.05, 4.69) is 37.5 Å². The number of nitrogens with one attached hydrogen (secondary N) is 1. The molecule has 3 atom stereocenters. The molecule has 0 aliphatic carbocycles. The van der Waals surface area contributed by atoms with Gasteiger partial charge in [-0.3, -0.25) is 14.7 Å². The molecule has 2 aromatic rings. The average Bonchev–Trinajstić information content (AvgIpc) is 2.93. The number of piperidine rings is 1. The summed E-state index contributed by atoms with van der Waals surface area (Å²) in [5, 5.41) is 6.97. The number of aryl methyl sites for hydroxylation is 1. The Balaban J connectivity index is 1.50. The molecule has 2 fully saturated rings. The first-order valence-corrected chi connectivity index (χ1v) is 8.90. The number of aromatic nitrogens is 3. The normalized spacial score (nSPS) is 27.4. The van der Waals surface area contributed by atoms with Gasteiger partial charge in [-0.25, -0.2) is 0 Å². The number of pyridine rings is 1. The smallest absolute Gasteiger partial charge is 0.231 e. The number of hydrogen-bond donors (Lipinski definition) is 1. The summed E-state index contributed by atoms with van der Waals surface area (Å²) in [7, 11) is 0. The van der Waals surface area contributed by atoms with Crippen molar-refractivity contribution in [3.8, 4) is 0 Å². The Morgan fingerprint density at radius 2 is 2.04 bits per heavy atom. The molecule has 0 saturated carbocycles. The van der Waals surface area contributed by atoms with Gasteiger partial charge in [-0.05, 0) is 56.5 Å². The lowest BCUT2D eigenvalue weighted by Gasteiger charge is -2.34. The van der Waals surface area contributed by atoms with Crippen LogP contribution in [0.25, 0.3) is 0 Å². The van der Waals surface area contributed by atoms with Crippen LogP contribution in [0.15, 0.2) is 29.0 Å². The van der Waals surface area contributed by atoms with Crippen LogP contribution in [0, 0.1) is 18.8 Å². The predicted octanol–water partition coefficient (Wildman–Crippen LogP) is 1.51. The van der Waals surface area contributed by atoms with Crippen molar-refractivity contribution in [2.75, 3.05) is 19.6 Å². The van der Waals surface area contributed by atoms with Gasteiger partial charge in [0.1, 0.15) is 0 Å². The quantitative estimate of drug-likeness (QED) is 0.911. The molecule has 2 aromatic heterocycles. The van der Waals surface area contributed by atoms with Crippen LogP contribution in [0.3, 0.4) is 0 Å². The molecule has 4 rings (SSSR count). The van der Waals surface area contributed by atoms with Gasteiger partial charge < -0.3 is 9.84 Å². The summed E-state index contributed by atoms with van der Waals surface area (Å²) in [5.74, 6) is 1.88. The molecule has 7 heteroatoms. The van der Waals surface area contributed by atoms with Crippen molar-refractivity contribution < 1.29 is 9.32 Å². The minimum Gasteiger partial charge on any atom is -0.355 e. The Kier molecular flexibility index (Phi) is 4.48. The van der Waals surface area contributed by atoms with Crippen molar-refractivity contribution in [3.63, 3.8) is 0 Å². The van der Waals surface area contributed by atoms with Crippen LogP contribution in [0.2, 0.25) is 0 Å². The number of carbonyl (C=O) groups excluding carboxylic acids is 1. The van der Waals surface area contributed by atoms with E-state index in [9.17, 15) is 4.79 Å². The summed E-state index contributed by atoms with van der Waals surface area (Å²) in [6.07, 6.45) is 5.49. The second-order valence-corrected chi connectivity index (χ2v) is 7.01. The third kappa shape index (κ3) is 3.42. The van der Waals surface area contributed by atoms with Crippen molar-refractivity contribution in [2.45, 2.75) is 32.2 Å². The van der Waals surface area contributed by atoms with Crippen LogP contribution < -0.4 is 5.32 Å². The van der Waals surface area contributed by atoms with Crippen LogP contribution >= 0.6 is 0 Å². The van der Waals surface area contributed by atoms with Gasteiger partial charge in [0.25, 0.3) is 0 Å². The van der Waals surface area contributed by atoms with Gasteiger partial charge in [0.15, 0.2) is 5.82 Å². The van der Waals surface area contributed by atoms with E-state index in [-0.39, 0.29) is 23.7 Å². The second kappa shape index (κ2) is 6.92. The first kappa shape index (κ1) is 16.2. The van der Waals surface area contributed by atoms with E-state index in [4.69, 9.17) is 4.52 Å². The lowest BCUT2D eigenvalue weighted by Crippen LogP contribution is -2.46. The fraction of sp³-hybridized carbons (Fsp3) is 0.556. The highest BCUT2D eigenvalue weighted by atomic mass is 16.5. The third-order valence-electron chi connectivity index (χ3n) is 5.42. The number of nitrogens with zero attached hydrogens (tertiary/aromatic N) is 4. The van der Waals surface area contributed by atoms with E-state index in [1.165, 1.54) is 5.56 Å². The van der Waals surface area contributed by atoms with E-state index in [1.807, 2.05) is 19.3 Å². The Morgan fingerprint density at radius 1 is 1.24 bits per heavy atom. The second-order valence-electron chi connectivity index (χ2n) is 7.01. The zero-order chi connectivity index (χ0) is 17.2. The maximum absolute atomic E-state index is 12.4. The van der Waals surface area contributed by atoms with Crippen molar-refractivity contribution >= 4 is 5.91 Å².